The number of methoxy groups -OCH3 is 1. The van der Waals surface area contributed by atoms with Crippen molar-refractivity contribution in [1.82, 2.24) is 15.2 Å². The van der Waals surface area contributed by atoms with Crippen LogP contribution < -0.4 is 14.8 Å². The maximum atomic E-state index is 12.6. The molecule has 1 saturated heterocycles. The molecule has 1 N–H and O–H groups in total. The van der Waals surface area contributed by atoms with Gasteiger partial charge in [-0.3, -0.25) is 14.7 Å². The van der Waals surface area contributed by atoms with Crippen LogP contribution in [0.3, 0.4) is 0 Å². The topological polar surface area (TPSA) is 63.7 Å². The summed E-state index contributed by atoms with van der Waals surface area (Å²) in [6.07, 6.45) is 4.52. The molecule has 0 spiro atoms. The predicted octanol–water partition coefficient (Wildman–Crippen LogP) is 4.60. The van der Waals surface area contributed by atoms with Crippen LogP contribution in [0.4, 0.5) is 0 Å². The van der Waals surface area contributed by atoms with Crippen LogP contribution >= 0.6 is 0 Å². The van der Waals surface area contributed by atoms with E-state index in [1.807, 2.05) is 37.4 Å². The molecule has 0 saturated carbocycles. The summed E-state index contributed by atoms with van der Waals surface area (Å²) in [6.45, 7) is 9.53. The second-order valence-corrected chi connectivity index (χ2v) is 8.95. The molecule has 174 valence electrons. The Morgan fingerprint density at radius 3 is 2.78 bits per heavy atom. The van der Waals surface area contributed by atoms with E-state index in [2.05, 4.69) is 41.2 Å². The first-order chi connectivity index (χ1) is 15.5. The number of ether oxygens (including phenoxy) is 2. The van der Waals surface area contributed by atoms with E-state index in [1.54, 1.807) is 7.11 Å². The number of amides is 1. The molecule has 32 heavy (non-hydrogen) atoms. The number of hydrogen-bond acceptors (Lipinski definition) is 5. The van der Waals surface area contributed by atoms with E-state index in [4.69, 9.17) is 9.47 Å². The number of hydrogen-bond donors (Lipinski definition) is 1. The first-order valence-corrected chi connectivity index (χ1v) is 11.7. The second-order valence-electron chi connectivity index (χ2n) is 8.95. The maximum Gasteiger partial charge on any atom is 0.220 e. The number of benzene rings is 1. The lowest BCUT2D eigenvalue weighted by molar-refractivity contribution is -0.123. The van der Waals surface area contributed by atoms with E-state index in [0.717, 1.165) is 49.7 Å². The van der Waals surface area contributed by atoms with Crippen LogP contribution in [0.25, 0.3) is 0 Å². The Morgan fingerprint density at radius 2 is 2.09 bits per heavy atom. The molecule has 6 heteroatoms. The van der Waals surface area contributed by atoms with Crippen molar-refractivity contribution in [3.63, 3.8) is 0 Å². The summed E-state index contributed by atoms with van der Waals surface area (Å²) in [5.41, 5.74) is 2.14. The number of nitrogens with zero attached hydrogens (tertiary/aromatic N) is 2. The van der Waals surface area contributed by atoms with E-state index in [0.29, 0.717) is 24.9 Å². The van der Waals surface area contributed by atoms with Crippen molar-refractivity contribution < 1.29 is 14.3 Å². The van der Waals surface area contributed by atoms with Gasteiger partial charge in [-0.2, -0.15) is 0 Å². The lowest BCUT2D eigenvalue weighted by Gasteiger charge is -2.37. The highest BCUT2D eigenvalue weighted by atomic mass is 16.5. The fourth-order valence-corrected chi connectivity index (χ4v) is 4.45. The number of piperidine rings is 1. The quantitative estimate of drug-likeness (QED) is 0.586. The first kappa shape index (κ1) is 24.1. The summed E-state index contributed by atoms with van der Waals surface area (Å²) in [6, 6.07) is 12.0. The van der Waals surface area contributed by atoms with Crippen molar-refractivity contribution in [2.75, 3.05) is 26.8 Å². The van der Waals surface area contributed by atoms with Gasteiger partial charge in [0.25, 0.3) is 0 Å². The molecule has 1 fully saturated rings. The third kappa shape index (κ3) is 6.70. The highest BCUT2D eigenvalue weighted by Gasteiger charge is 2.30. The Kier molecular flexibility index (Phi) is 8.91. The molecule has 2 atom stereocenters. The fourth-order valence-electron chi connectivity index (χ4n) is 4.45. The number of carbonyl (C=O) groups excluding carboxylic acids is 1. The molecule has 1 aliphatic rings. The minimum absolute atomic E-state index is 0.0693. The highest BCUT2D eigenvalue weighted by molar-refractivity contribution is 5.76. The molecule has 0 unspecified atom stereocenters. The van der Waals surface area contributed by atoms with Crippen molar-refractivity contribution in [2.24, 2.45) is 11.8 Å². The molecule has 6 nitrogen and oxygen atoms in total. The van der Waals surface area contributed by atoms with Gasteiger partial charge in [-0.1, -0.05) is 26.0 Å². The highest BCUT2D eigenvalue weighted by Crippen LogP contribution is 2.32. The van der Waals surface area contributed by atoms with Crippen LogP contribution in [-0.4, -0.2) is 42.6 Å². The van der Waals surface area contributed by atoms with Crippen molar-refractivity contribution in [2.45, 2.75) is 52.6 Å². The molecule has 0 radical (unpaired) electrons. The van der Waals surface area contributed by atoms with Crippen LogP contribution in [-0.2, 0) is 11.3 Å². The summed E-state index contributed by atoms with van der Waals surface area (Å²) in [4.78, 5) is 19.7. The SMILES string of the molecule is CCOc1ccc(CN2CCC[C@H]([C@@H](NC(=O)CC(C)C)c3ccccn3)C2)cc1OC. The lowest BCUT2D eigenvalue weighted by Crippen LogP contribution is -2.43. The Balaban J connectivity index is 1.72. The molecule has 1 amide bonds. The van der Waals surface area contributed by atoms with E-state index < -0.39 is 0 Å². The zero-order chi connectivity index (χ0) is 22.9. The number of rotatable bonds is 10. The third-order valence-corrected chi connectivity index (χ3v) is 5.86. The molecule has 1 aromatic heterocycles. The van der Waals surface area contributed by atoms with E-state index in [9.17, 15) is 4.79 Å². The van der Waals surface area contributed by atoms with Gasteiger partial charge >= 0.3 is 0 Å². The van der Waals surface area contributed by atoms with Gasteiger partial charge < -0.3 is 14.8 Å². The summed E-state index contributed by atoms with van der Waals surface area (Å²) < 4.78 is 11.2. The molecule has 0 aliphatic carbocycles. The van der Waals surface area contributed by atoms with Gasteiger partial charge in [-0.05, 0) is 68.0 Å². The molecule has 1 aliphatic heterocycles. The molecule has 1 aromatic carbocycles. The van der Waals surface area contributed by atoms with Gasteiger partial charge in [-0.25, -0.2) is 0 Å². The largest absolute Gasteiger partial charge is 0.493 e. The summed E-state index contributed by atoms with van der Waals surface area (Å²) in [5.74, 6) is 2.30. The number of aromatic nitrogens is 1. The third-order valence-electron chi connectivity index (χ3n) is 5.86. The standard InChI is InChI=1S/C26H37N3O3/c1-5-32-23-12-11-20(16-24(23)31-4)17-29-14-8-9-21(18-29)26(22-10-6-7-13-27-22)28-25(30)15-19(2)3/h6-7,10-13,16,19,21,26H,5,8-9,14-15,17-18H2,1-4H3,(H,28,30)/t21-,26+/m0/s1. The van der Waals surface area contributed by atoms with Gasteiger partial charge in [0.1, 0.15) is 0 Å². The summed E-state index contributed by atoms with van der Waals surface area (Å²) in [5, 5.41) is 3.29. The van der Waals surface area contributed by atoms with Crippen molar-refractivity contribution >= 4 is 5.91 Å². The molecular formula is C26H37N3O3. The molecule has 2 aromatic rings. The average molecular weight is 440 g/mol. The Hall–Kier alpha value is -2.60. The van der Waals surface area contributed by atoms with Gasteiger partial charge in [-0.15, -0.1) is 0 Å². The Labute approximate surface area is 192 Å². The normalized spacial score (nSPS) is 17.7. The predicted molar refractivity (Wildman–Crippen MR) is 127 cm³/mol. The fraction of sp³-hybridized carbons (Fsp3) is 0.538. The summed E-state index contributed by atoms with van der Waals surface area (Å²) in [7, 11) is 1.68. The van der Waals surface area contributed by atoms with Crippen LogP contribution in [0.5, 0.6) is 11.5 Å². The van der Waals surface area contributed by atoms with Gasteiger partial charge in [0.15, 0.2) is 11.5 Å². The van der Waals surface area contributed by atoms with Gasteiger partial charge in [0.05, 0.1) is 25.5 Å². The van der Waals surface area contributed by atoms with Crippen LogP contribution in [0.15, 0.2) is 42.6 Å². The molecular weight excluding hydrogens is 402 g/mol. The van der Waals surface area contributed by atoms with Crippen molar-refractivity contribution in [3.8, 4) is 11.5 Å². The Bertz CT molecular complexity index is 857. The lowest BCUT2D eigenvalue weighted by atomic mass is 9.88. The number of nitrogens with one attached hydrogen (secondary N) is 1. The zero-order valence-electron chi connectivity index (χ0n) is 19.8. The van der Waals surface area contributed by atoms with Gasteiger partial charge in [0, 0.05) is 25.7 Å². The molecule has 3 rings (SSSR count). The number of carbonyl (C=O) groups is 1. The van der Waals surface area contributed by atoms with Crippen LogP contribution in [0, 0.1) is 11.8 Å². The Morgan fingerprint density at radius 1 is 1.25 bits per heavy atom. The minimum Gasteiger partial charge on any atom is -0.493 e. The average Bonchev–Trinajstić information content (AvgIpc) is 2.79. The number of pyridine rings is 1. The first-order valence-electron chi connectivity index (χ1n) is 11.7. The van der Waals surface area contributed by atoms with Gasteiger partial charge in [0.2, 0.25) is 5.91 Å². The van der Waals surface area contributed by atoms with E-state index in [1.165, 1.54) is 5.56 Å². The van der Waals surface area contributed by atoms with E-state index in [-0.39, 0.29) is 11.9 Å². The second kappa shape index (κ2) is 11.9. The number of likely N-dealkylation sites (tertiary alicyclic amines) is 1. The molecule has 0 bridgehead atoms. The van der Waals surface area contributed by atoms with Crippen LogP contribution in [0.2, 0.25) is 0 Å². The van der Waals surface area contributed by atoms with Crippen LogP contribution in [0.1, 0.15) is 57.3 Å². The van der Waals surface area contributed by atoms with E-state index >= 15 is 0 Å². The smallest absolute Gasteiger partial charge is 0.220 e. The molecule has 2 heterocycles. The summed E-state index contributed by atoms with van der Waals surface area (Å²) >= 11 is 0. The van der Waals surface area contributed by atoms with Crippen molar-refractivity contribution in [3.05, 3.63) is 53.9 Å². The maximum absolute atomic E-state index is 12.6. The van der Waals surface area contributed by atoms with Crippen molar-refractivity contribution in [1.29, 1.82) is 0 Å². The minimum atomic E-state index is -0.0693. The monoisotopic (exact) mass is 439 g/mol. The zero-order valence-corrected chi connectivity index (χ0v) is 19.8.